The smallest absolute Gasteiger partial charge is 0.124 e. The van der Waals surface area contributed by atoms with Crippen LogP contribution < -0.4 is 0 Å². The third-order valence-electron chi connectivity index (χ3n) is 6.09. The van der Waals surface area contributed by atoms with Crippen LogP contribution in [0, 0.1) is 3.57 Å². The van der Waals surface area contributed by atoms with Gasteiger partial charge in [-0.2, -0.15) is 0 Å². The summed E-state index contributed by atoms with van der Waals surface area (Å²) in [7, 11) is 0. The summed E-state index contributed by atoms with van der Waals surface area (Å²) >= 11 is 4.21. The maximum Gasteiger partial charge on any atom is 0.124 e. The standard InChI is InChI=1S/C24H20INS/c1-3-24(4-2)18-9-6-5-8-16(18)17-13-12-15(14-19(17)24)23-26-21-11-7-10-20(25)22(21)27-23/h5-14H,3-4H2,1-2H3. The van der Waals surface area contributed by atoms with Crippen molar-refractivity contribution in [1.29, 1.82) is 0 Å². The number of hydrogen-bond donors (Lipinski definition) is 0. The Labute approximate surface area is 177 Å². The second-order valence-corrected chi connectivity index (χ2v) is 9.36. The van der Waals surface area contributed by atoms with E-state index >= 15 is 0 Å². The van der Waals surface area contributed by atoms with Crippen molar-refractivity contribution in [2.24, 2.45) is 0 Å². The first-order valence-corrected chi connectivity index (χ1v) is 11.4. The van der Waals surface area contributed by atoms with Gasteiger partial charge in [0.2, 0.25) is 0 Å². The van der Waals surface area contributed by atoms with Crippen LogP contribution in [0.1, 0.15) is 37.8 Å². The molecule has 0 atom stereocenters. The largest absolute Gasteiger partial charge is 0.236 e. The molecular formula is C24H20INS. The van der Waals surface area contributed by atoms with Crippen molar-refractivity contribution in [2.75, 3.05) is 0 Å². The van der Waals surface area contributed by atoms with Crippen LogP contribution >= 0.6 is 33.9 Å². The van der Waals surface area contributed by atoms with Gasteiger partial charge in [0.25, 0.3) is 0 Å². The lowest BCUT2D eigenvalue weighted by molar-refractivity contribution is 0.490. The minimum absolute atomic E-state index is 0.118. The van der Waals surface area contributed by atoms with Crippen LogP contribution in [0.4, 0.5) is 0 Å². The van der Waals surface area contributed by atoms with Crippen LogP contribution in [0.15, 0.2) is 60.7 Å². The van der Waals surface area contributed by atoms with Crippen LogP contribution in [-0.4, -0.2) is 4.98 Å². The van der Waals surface area contributed by atoms with Crippen LogP contribution in [0.25, 0.3) is 31.9 Å². The topological polar surface area (TPSA) is 12.9 Å². The van der Waals surface area contributed by atoms with Crippen molar-refractivity contribution in [2.45, 2.75) is 32.1 Å². The molecule has 1 aliphatic rings. The lowest BCUT2D eigenvalue weighted by Gasteiger charge is -2.29. The molecule has 3 heteroatoms. The predicted molar refractivity (Wildman–Crippen MR) is 125 cm³/mol. The number of thiazole rings is 1. The first-order valence-electron chi connectivity index (χ1n) is 9.48. The molecule has 0 saturated carbocycles. The fourth-order valence-electron chi connectivity index (χ4n) is 4.64. The van der Waals surface area contributed by atoms with Gasteiger partial charge in [0.1, 0.15) is 5.01 Å². The predicted octanol–water partition coefficient (Wildman–Crippen LogP) is 7.65. The van der Waals surface area contributed by atoms with E-state index in [9.17, 15) is 0 Å². The lowest BCUT2D eigenvalue weighted by atomic mass is 9.73. The zero-order valence-electron chi connectivity index (χ0n) is 15.4. The van der Waals surface area contributed by atoms with Crippen molar-refractivity contribution in [3.8, 4) is 21.7 Å². The Balaban J connectivity index is 1.73. The fourth-order valence-corrected chi connectivity index (χ4v) is 6.42. The molecule has 0 saturated heterocycles. The highest BCUT2D eigenvalue weighted by Gasteiger charge is 2.40. The molecular weight excluding hydrogens is 461 g/mol. The number of rotatable bonds is 3. The number of hydrogen-bond acceptors (Lipinski definition) is 2. The maximum atomic E-state index is 4.93. The number of nitrogens with zero attached hydrogens (tertiary/aromatic N) is 1. The lowest BCUT2D eigenvalue weighted by Crippen LogP contribution is -2.23. The molecule has 5 rings (SSSR count). The van der Waals surface area contributed by atoms with E-state index in [1.54, 1.807) is 11.3 Å². The second kappa shape index (κ2) is 6.42. The van der Waals surface area contributed by atoms with Crippen LogP contribution in [0.3, 0.4) is 0 Å². The second-order valence-electron chi connectivity index (χ2n) is 7.20. The van der Waals surface area contributed by atoms with Gasteiger partial charge in [-0.1, -0.05) is 56.3 Å². The van der Waals surface area contributed by atoms with Gasteiger partial charge in [-0.25, -0.2) is 4.98 Å². The van der Waals surface area contributed by atoms with Gasteiger partial charge in [0.05, 0.1) is 10.2 Å². The summed E-state index contributed by atoms with van der Waals surface area (Å²) in [5, 5.41) is 1.12. The Hall–Kier alpha value is -1.72. The normalized spacial score (nSPS) is 14.3. The summed E-state index contributed by atoms with van der Waals surface area (Å²) < 4.78 is 2.56. The van der Waals surface area contributed by atoms with Gasteiger partial charge < -0.3 is 0 Å². The van der Waals surface area contributed by atoms with Crippen molar-refractivity contribution in [3.05, 3.63) is 75.4 Å². The first kappa shape index (κ1) is 17.4. The SMILES string of the molecule is CCC1(CC)c2ccccc2-c2ccc(-c3nc4cccc(I)c4s3)cc21. The zero-order chi connectivity index (χ0) is 18.6. The molecule has 4 aromatic rings. The summed E-state index contributed by atoms with van der Waals surface area (Å²) in [5.74, 6) is 0. The molecule has 134 valence electrons. The molecule has 27 heavy (non-hydrogen) atoms. The van der Waals surface area contributed by atoms with Crippen LogP contribution in [-0.2, 0) is 5.41 Å². The molecule has 0 fully saturated rings. The van der Waals surface area contributed by atoms with E-state index in [-0.39, 0.29) is 5.41 Å². The van der Waals surface area contributed by atoms with Crippen molar-refractivity contribution >= 4 is 44.1 Å². The molecule has 0 bridgehead atoms. The van der Waals surface area contributed by atoms with Gasteiger partial charge in [-0.15, -0.1) is 11.3 Å². The molecule has 1 aliphatic carbocycles. The van der Waals surface area contributed by atoms with Crippen molar-refractivity contribution < 1.29 is 0 Å². The van der Waals surface area contributed by atoms with Crippen LogP contribution in [0.2, 0.25) is 0 Å². The fraction of sp³-hybridized carbons (Fsp3) is 0.208. The van der Waals surface area contributed by atoms with E-state index in [4.69, 9.17) is 4.98 Å². The average molecular weight is 481 g/mol. The van der Waals surface area contributed by atoms with E-state index in [0.717, 1.165) is 23.4 Å². The minimum atomic E-state index is 0.118. The Morgan fingerprint density at radius 2 is 1.67 bits per heavy atom. The summed E-state index contributed by atoms with van der Waals surface area (Å²) in [4.78, 5) is 4.93. The molecule has 1 aromatic heterocycles. The molecule has 0 N–H and O–H groups in total. The first-order chi connectivity index (χ1) is 13.2. The highest BCUT2D eigenvalue weighted by Crippen LogP contribution is 2.53. The van der Waals surface area contributed by atoms with E-state index < -0.39 is 0 Å². The molecule has 1 nitrogen and oxygen atoms in total. The van der Waals surface area contributed by atoms with E-state index in [0.29, 0.717) is 0 Å². The Kier molecular flexibility index (Phi) is 4.13. The quantitative estimate of drug-likeness (QED) is 0.274. The summed E-state index contributed by atoms with van der Waals surface area (Å²) in [6.07, 6.45) is 2.24. The number of benzene rings is 3. The maximum absolute atomic E-state index is 4.93. The molecule has 1 heterocycles. The minimum Gasteiger partial charge on any atom is -0.236 e. The monoisotopic (exact) mass is 481 g/mol. The molecule has 0 unspecified atom stereocenters. The molecule has 3 aromatic carbocycles. The number of aromatic nitrogens is 1. The van der Waals surface area contributed by atoms with Crippen molar-refractivity contribution in [1.82, 2.24) is 4.98 Å². The third-order valence-corrected chi connectivity index (χ3v) is 8.51. The molecule has 0 radical (unpaired) electrons. The van der Waals surface area contributed by atoms with Gasteiger partial charge in [-0.3, -0.25) is 0 Å². The van der Waals surface area contributed by atoms with Crippen molar-refractivity contribution in [3.63, 3.8) is 0 Å². The van der Waals surface area contributed by atoms with Gasteiger partial charge in [0.15, 0.2) is 0 Å². The third kappa shape index (κ3) is 2.44. The van der Waals surface area contributed by atoms with E-state index in [1.807, 2.05) is 0 Å². The number of fused-ring (bicyclic) bond motifs is 4. The highest BCUT2D eigenvalue weighted by molar-refractivity contribution is 14.1. The summed E-state index contributed by atoms with van der Waals surface area (Å²) in [6.45, 7) is 4.64. The number of halogens is 1. The zero-order valence-corrected chi connectivity index (χ0v) is 18.4. The van der Waals surface area contributed by atoms with Gasteiger partial charge >= 0.3 is 0 Å². The molecule has 0 aliphatic heterocycles. The summed E-state index contributed by atoms with van der Waals surface area (Å²) in [5.41, 5.74) is 8.22. The van der Waals surface area contributed by atoms with Gasteiger partial charge in [0, 0.05) is 14.5 Å². The Morgan fingerprint density at radius 1 is 0.889 bits per heavy atom. The Morgan fingerprint density at radius 3 is 2.44 bits per heavy atom. The van der Waals surface area contributed by atoms with Gasteiger partial charge in [-0.05, 0) is 75.9 Å². The molecule has 0 spiro atoms. The highest BCUT2D eigenvalue weighted by atomic mass is 127. The Bertz CT molecular complexity index is 1170. The van der Waals surface area contributed by atoms with E-state index in [1.165, 1.54) is 36.1 Å². The summed E-state index contributed by atoms with van der Waals surface area (Å²) in [6, 6.07) is 22.3. The molecule has 0 amide bonds. The van der Waals surface area contributed by atoms with E-state index in [2.05, 4.69) is 97.1 Å². The average Bonchev–Trinajstić information content (AvgIpc) is 3.26. The van der Waals surface area contributed by atoms with Crippen LogP contribution in [0.5, 0.6) is 0 Å².